The smallest absolute Gasteiger partial charge is 0.404 e. The van der Waals surface area contributed by atoms with Crippen LogP contribution in [0.3, 0.4) is 0 Å². The first-order valence-electron chi connectivity index (χ1n) is 5.30. The molecule has 1 aromatic rings. The molecule has 0 fully saturated rings. The summed E-state index contributed by atoms with van der Waals surface area (Å²) in [6.07, 6.45) is -3.69. The fourth-order valence-corrected chi connectivity index (χ4v) is 1.55. The Labute approximate surface area is 101 Å². The van der Waals surface area contributed by atoms with Crippen LogP contribution in [-0.4, -0.2) is 36.3 Å². The normalized spacial score (nSPS) is 20.4. The van der Waals surface area contributed by atoms with Crippen molar-refractivity contribution in [2.24, 2.45) is 4.99 Å². The Hall–Kier alpha value is -1.63. The Balaban J connectivity index is 2.12. The van der Waals surface area contributed by atoms with Crippen LogP contribution in [0.2, 0.25) is 0 Å². The van der Waals surface area contributed by atoms with Gasteiger partial charge >= 0.3 is 6.36 Å². The van der Waals surface area contributed by atoms with Gasteiger partial charge in [0.1, 0.15) is 5.75 Å². The molecule has 18 heavy (non-hydrogen) atoms. The molecule has 1 aliphatic heterocycles. The van der Waals surface area contributed by atoms with E-state index in [1.165, 1.54) is 12.1 Å². The van der Waals surface area contributed by atoms with Gasteiger partial charge in [0.25, 0.3) is 0 Å². The first kappa shape index (κ1) is 12.8. The fourth-order valence-electron chi connectivity index (χ4n) is 1.55. The fraction of sp³-hybridized carbons (Fsp3) is 0.455. The number of hydrogen-bond acceptors (Lipinski definition) is 4. The molecule has 7 heteroatoms. The quantitative estimate of drug-likeness (QED) is 0.818. The summed E-state index contributed by atoms with van der Waals surface area (Å²) in [6, 6.07) is 2.67. The second kappa shape index (κ2) is 4.93. The van der Waals surface area contributed by atoms with E-state index >= 15 is 0 Å². The van der Waals surface area contributed by atoms with Crippen molar-refractivity contribution in [2.75, 3.05) is 13.2 Å². The zero-order chi connectivity index (χ0) is 13.2. The van der Waals surface area contributed by atoms with Crippen molar-refractivity contribution in [3.05, 3.63) is 24.0 Å². The summed E-state index contributed by atoms with van der Waals surface area (Å²) in [7, 11) is 0. The molecule has 0 N–H and O–H groups in total. The van der Waals surface area contributed by atoms with Gasteiger partial charge in [-0.05, 0) is 19.1 Å². The Bertz CT molecular complexity index is 443. The molecule has 1 unspecified atom stereocenters. The molecule has 0 aromatic carbocycles. The minimum Gasteiger partial charge on any atom is -0.404 e. The Morgan fingerprint density at radius 1 is 1.39 bits per heavy atom. The maximum Gasteiger partial charge on any atom is 0.573 e. The molecular formula is C11H11F3N2O2. The summed E-state index contributed by atoms with van der Waals surface area (Å²) in [5.74, 6) is -0.350. The molecule has 2 rings (SSSR count). The molecule has 1 atom stereocenters. The van der Waals surface area contributed by atoms with Crippen molar-refractivity contribution in [1.29, 1.82) is 0 Å². The SMILES string of the molecule is CC1COCC(c2ccc(OC(F)(F)F)cn2)=N1. The Morgan fingerprint density at radius 2 is 2.17 bits per heavy atom. The van der Waals surface area contributed by atoms with Crippen LogP contribution in [-0.2, 0) is 4.74 Å². The highest BCUT2D eigenvalue weighted by Gasteiger charge is 2.31. The first-order chi connectivity index (χ1) is 8.44. The Kier molecular flexibility index (Phi) is 3.51. The number of rotatable bonds is 2. The average molecular weight is 260 g/mol. The van der Waals surface area contributed by atoms with Crippen molar-refractivity contribution < 1.29 is 22.6 Å². The first-order valence-corrected chi connectivity index (χ1v) is 5.30. The van der Waals surface area contributed by atoms with Gasteiger partial charge in [0.05, 0.1) is 36.9 Å². The minimum atomic E-state index is -4.71. The van der Waals surface area contributed by atoms with Crippen molar-refractivity contribution in [3.63, 3.8) is 0 Å². The van der Waals surface area contributed by atoms with Gasteiger partial charge in [-0.25, -0.2) is 0 Å². The van der Waals surface area contributed by atoms with Crippen molar-refractivity contribution in [2.45, 2.75) is 19.3 Å². The number of hydrogen-bond donors (Lipinski definition) is 0. The predicted octanol–water partition coefficient (Wildman–Crippen LogP) is 2.19. The monoisotopic (exact) mass is 260 g/mol. The second-order valence-electron chi connectivity index (χ2n) is 3.87. The maximum atomic E-state index is 12.0. The number of nitrogens with zero attached hydrogens (tertiary/aromatic N) is 2. The van der Waals surface area contributed by atoms with Crippen LogP contribution in [0.15, 0.2) is 23.3 Å². The molecule has 0 amide bonds. The maximum absolute atomic E-state index is 12.0. The molecule has 0 aliphatic carbocycles. The highest BCUT2D eigenvalue weighted by atomic mass is 19.4. The molecule has 0 radical (unpaired) electrons. The largest absolute Gasteiger partial charge is 0.573 e. The molecular weight excluding hydrogens is 249 g/mol. The van der Waals surface area contributed by atoms with Gasteiger partial charge in [-0.2, -0.15) is 0 Å². The van der Waals surface area contributed by atoms with Crippen LogP contribution in [0.4, 0.5) is 13.2 Å². The van der Waals surface area contributed by atoms with E-state index in [9.17, 15) is 13.2 Å². The van der Waals surface area contributed by atoms with Gasteiger partial charge in [0.2, 0.25) is 0 Å². The van der Waals surface area contributed by atoms with Gasteiger partial charge in [0, 0.05) is 0 Å². The average Bonchev–Trinajstić information content (AvgIpc) is 2.28. The number of alkyl halides is 3. The Morgan fingerprint density at radius 3 is 2.72 bits per heavy atom. The van der Waals surface area contributed by atoms with E-state index < -0.39 is 6.36 Å². The summed E-state index contributed by atoms with van der Waals surface area (Å²) >= 11 is 0. The van der Waals surface area contributed by atoms with Crippen LogP contribution in [0.1, 0.15) is 12.6 Å². The highest BCUT2D eigenvalue weighted by molar-refractivity contribution is 6.00. The molecule has 1 aromatic heterocycles. The molecule has 98 valence electrons. The lowest BCUT2D eigenvalue weighted by Gasteiger charge is -2.17. The van der Waals surface area contributed by atoms with E-state index in [-0.39, 0.29) is 11.8 Å². The van der Waals surface area contributed by atoms with Crippen LogP contribution < -0.4 is 4.74 Å². The van der Waals surface area contributed by atoms with Gasteiger partial charge < -0.3 is 9.47 Å². The number of pyridine rings is 1. The molecule has 0 saturated heterocycles. The third-order valence-corrected chi connectivity index (χ3v) is 2.24. The number of ether oxygens (including phenoxy) is 2. The van der Waals surface area contributed by atoms with E-state index in [1.54, 1.807) is 0 Å². The summed E-state index contributed by atoms with van der Waals surface area (Å²) in [4.78, 5) is 8.21. The molecule has 0 bridgehead atoms. The van der Waals surface area contributed by atoms with Crippen molar-refractivity contribution >= 4 is 5.71 Å². The van der Waals surface area contributed by atoms with Gasteiger partial charge in [-0.15, -0.1) is 13.2 Å². The van der Waals surface area contributed by atoms with Crippen LogP contribution in [0.5, 0.6) is 5.75 Å². The molecule has 0 saturated carbocycles. The van der Waals surface area contributed by atoms with Crippen molar-refractivity contribution in [3.8, 4) is 5.75 Å². The van der Waals surface area contributed by atoms with E-state index in [0.717, 1.165) is 6.20 Å². The lowest BCUT2D eigenvalue weighted by atomic mass is 10.2. The number of aromatic nitrogens is 1. The standard InChI is InChI=1S/C11H11F3N2O2/c1-7-5-17-6-10(16-7)9-3-2-8(4-15-9)18-11(12,13)14/h2-4,7H,5-6H2,1H3. The topological polar surface area (TPSA) is 43.7 Å². The van der Waals surface area contributed by atoms with Crippen LogP contribution >= 0.6 is 0 Å². The van der Waals surface area contributed by atoms with E-state index in [0.29, 0.717) is 24.6 Å². The summed E-state index contributed by atoms with van der Waals surface area (Å²) in [5.41, 5.74) is 1.13. The summed E-state index contributed by atoms with van der Waals surface area (Å²) in [5, 5.41) is 0. The molecule has 2 heterocycles. The summed E-state index contributed by atoms with van der Waals surface area (Å²) < 4.78 is 44.9. The molecule has 1 aliphatic rings. The van der Waals surface area contributed by atoms with Crippen LogP contribution in [0.25, 0.3) is 0 Å². The molecule has 4 nitrogen and oxygen atoms in total. The number of halogens is 3. The lowest BCUT2D eigenvalue weighted by Crippen LogP contribution is -2.25. The highest BCUT2D eigenvalue weighted by Crippen LogP contribution is 2.22. The van der Waals surface area contributed by atoms with E-state index in [2.05, 4.69) is 14.7 Å². The lowest BCUT2D eigenvalue weighted by molar-refractivity contribution is -0.274. The zero-order valence-corrected chi connectivity index (χ0v) is 9.57. The van der Waals surface area contributed by atoms with Gasteiger partial charge in [0.15, 0.2) is 0 Å². The second-order valence-corrected chi connectivity index (χ2v) is 3.87. The van der Waals surface area contributed by atoms with Crippen molar-refractivity contribution in [1.82, 2.24) is 4.98 Å². The zero-order valence-electron chi connectivity index (χ0n) is 9.57. The van der Waals surface area contributed by atoms with Gasteiger partial charge in [-0.3, -0.25) is 9.98 Å². The van der Waals surface area contributed by atoms with E-state index in [1.807, 2.05) is 6.92 Å². The number of aliphatic imine (C=N–C) groups is 1. The van der Waals surface area contributed by atoms with Gasteiger partial charge in [-0.1, -0.05) is 0 Å². The third-order valence-electron chi connectivity index (χ3n) is 2.24. The van der Waals surface area contributed by atoms with Crippen LogP contribution in [0, 0.1) is 0 Å². The van der Waals surface area contributed by atoms with E-state index in [4.69, 9.17) is 4.74 Å². The minimum absolute atomic E-state index is 0.0293. The predicted molar refractivity (Wildman–Crippen MR) is 57.7 cm³/mol. The molecule has 0 spiro atoms. The summed E-state index contributed by atoms with van der Waals surface area (Å²) in [6.45, 7) is 2.75. The third kappa shape index (κ3) is 3.43.